The number of alkyl halides is 1. The predicted molar refractivity (Wildman–Crippen MR) is 131 cm³/mol. The molecule has 0 aliphatic rings. The van der Waals surface area contributed by atoms with Gasteiger partial charge in [-0.05, 0) is 53.7 Å². The molecule has 0 radical (unpaired) electrons. The summed E-state index contributed by atoms with van der Waals surface area (Å²) < 4.78 is 10.4. The minimum absolute atomic E-state index is 0.292. The summed E-state index contributed by atoms with van der Waals surface area (Å²) in [6.45, 7) is 0. The molecule has 4 aromatic rings. The second-order valence-corrected chi connectivity index (χ2v) is 7.71. The Bertz CT molecular complexity index is 1230. The van der Waals surface area contributed by atoms with E-state index in [4.69, 9.17) is 9.47 Å². The molecule has 0 aliphatic heterocycles. The Balaban J connectivity index is 1.82. The lowest BCUT2D eigenvalue weighted by atomic mass is 10.1. The van der Waals surface area contributed by atoms with Crippen LogP contribution < -0.4 is 14.5 Å². The van der Waals surface area contributed by atoms with Gasteiger partial charge in [0.2, 0.25) is 0 Å². The Morgan fingerprint density at radius 1 is 0.824 bits per heavy atom. The fraction of sp³-hybridized carbons (Fsp3) is 0.120. The van der Waals surface area contributed by atoms with Crippen LogP contribution in [-0.2, 0) is 5.33 Å². The molecule has 0 atom stereocenters. The molecule has 8 nitrogen and oxygen atoms in total. The highest BCUT2D eigenvalue weighted by molar-refractivity contribution is 9.08. The number of imide groups is 1. The zero-order valence-electron chi connectivity index (χ0n) is 18.5. The van der Waals surface area contributed by atoms with Gasteiger partial charge in [0.05, 0.1) is 14.2 Å². The summed E-state index contributed by atoms with van der Waals surface area (Å²) in [5, 5.41) is 9.78. The average molecular weight is 521 g/mol. The van der Waals surface area contributed by atoms with Crippen molar-refractivity contribution in [3.05, 3.63) is 95.7 Å². The normalized spacial score (nSPS) is 10.6. The van der Waals surface area contributed by atoms with Gasteiger partial charge in [0, 0.05) is 22.0 Å². The second-order valence-electron chi connectivity index (χ2n) is 7.15. The molecule has 2 amide bonds. The summed E-state index contributed by atoms with van der Waals surface area (Å²) in [4.78, 5) is 28.5. The summed E-state index contributed by atoms with van der Waals surface area (Å²) in [5.74, 6) is 0.0704. The molecule has 3 aromatic carbocycles. The van der Waals surface area contributed by atoms with Crippen LogP contribution in [0.3, 0.4) is 0 Å². The van der Waals surface area contributed by atoms with E-state index in [1.807, 2.05) is 30.3 Å². The molecule has 1 aromatic heterocycles. The van der Waals surface area contributed by atoms with E-state index in [1.54, 1.807) is 62.8 Å². The number of methoxy groups -OCH3 is 2. The van der Waals surface area contributed by atoms with E-state index < -0.39 is 11.8 Å². The summed E-state index contributed by atoms with van der Waals surface area (Å²) >= 11 is 3.47. The van der Waals surface area contributed by atoms with Gasteiger partial charge in [0.1, 0.15) is 22.9 Å². The van der Waals surface area contributed by atoms with Crippen molar-refractivity contribution in [1.29, 1.82) is 0 Å². The molecule has 0 spiro atoms. The molecule has 0 saturated carbocycles. The number of nitrogens with zero attached hydrogens (tertiary/aromatic N) is 4. The van der Waals surface area contributed by atoms with Crippen molar-refractivity contribution in [3.8, 4) is 22.8 Å². The van der Waals surface area contributed by atoms with Crippen LogP contribution in [-0.4, -0.2) is 41.1 Å². The molecule has 4 rings (SSSR count). The van der Waals surface area contributed by atoms with Crippen LogP contribution in [0.2, 0.25) is 0 Å². The average Bonchev–Trinajstić information content (AvgIpc) is 3.32. The lowest BCUT2D eigenvalue weighted by molar-refractivity contribution is 0.0846. The topological polar surface area (TPSA) is 86.5 Å². The van der Waals surface area contributed by atoms with E-state index in [0.29, 0.717) is 39.3 Å². The van der Waals surface area contributed by atoms with E-state index in [9.17, 15) is 9.59 Å². The molecule has 172 valence electrons. The smallest absolute Gasteiger partial charge is 0.281 e. The fourth-order valence-electron chi connectivity index (χ4n) is 3.37. The van der Waals surface area contributed by atoms with E-state index >= 15 is 0 Å². The molecule has 1 heterocycles. The summed E-state index contributed by atoms with van der Waals surface area (Å²) in [5.41, 5.74) is 2.51. The van der Waals surface area contributed by atoms with Crippen LogP contribution in [0.1, 0.15) is 26.4 Å². The number of benzene rings is 3. The number of rotatable bonds is 7. The molecular weight excluding hydrogens is 500 g/mol. The number of aromatic nitrogens is 3. The first-order valence-corrected chi connectivity index (χ1v) is 11.4. The monoisotopic (exact) mass is 520 g/mol. The summed E-state index contributed by atoms with van der Waals surface area (Å²) in [6, 6.07) is 22.5. The van der Waals surface area contributed by atoms with Crippen molar-refractivity contribution in [2.24, 2.45) is 0 Å². The highest BCUT2D eigenvalue weighted by Crippen LogP contribution is 2.25. The first-order chi connectivity index (χ1) is 16.6. The SMILES string of the molecule is COc1ccc(C(=O)N(C(=O)c2ccc(OC)cc2)n2nnc(-c3ccccc3)c2CBr)cc1. The Labute approximate surface area is 204 Å². The van der Waals surface area contributed by atoms with Crippen molar-refractivity contribution < 1.29 is 19.1 Å². The molecule has 0 saturated heterocycles. The van der Waals surface area contributed by atoms with Crippen molar-refractivity contribution >= 4 is 27.7 Å². The maximum absolute atomic E-state index is 13.6. The highest BCUT2D eigenvalue weighted by atomic mass is 79.9. The lowest BCUT2D eigenvalue weighted by Crippen LogP contribution is -2.47. The Hall–Kier alpha value is -3.98. The van der Waals surface area contributed by atoms with Crippen LogP contribution in [0.4, 0.5) is 0 Å². The van der Waals surface area contributed by atoms with Crippen LogP contribution in [0.25, 0.3) is 11.3 Å². The van der Waals surface area contributed by atoms with Gasteiger partial charge in [-0.15, -0.1) is 9.89 Å². The van der Waals surface area contributed by atoms with Gasteiger partial charge in [0.15, 0.2) is 0 Å². The standard InChI is InChI=1S/C25H21BrN4O4/c1-33-20-12-8-18(9-13-20)24(31)29(25(32)19-10-14-21(34-2)15-11-19)30-22(16-26)23(27-28-30)17-6-4-3-5-7-17/h3-15H,16H2,1-2H3. The molecule has 0 bridgehead atoms. The van der Waals surface area contributed by atoms with E-state index in [0.717, 1.165) is 10.6 Å². The van der Waals surface area contributed by atoms with Gasteiger partial charge in [-0.3, -0.25) is 9.59 Å². The number of amides is 2. The third-order valence-electron chi connectivity index (χ3n) is 5.17. The van der Waals surface area contributed by atoms with Crippen LogP contribution in [0, 0.1) is 0 Å². The molecule has 0 N–H and O–H groups in total. The van der Waals surface area contributed by atoms with Gasteiger partial charge in [-0.25, -0.2) is 0 Å². The quantitative estimate of drug-likeness (QED) is 0.264. The first kappa shape index (κ1) is 23.2. The number of ether oxygens (including phenoxy) is 2. The summed E-state index contributed by atoms with van der Waals surface area (Å²) in [6.07, 6.45) is 0. The van der Waals surface area contributed by atoms with Gasteiger partial charge < -0.3 is 9.47 Å². The Kier molecular flexibility index (Phi) is 7.03. The van der Waals surface area contributed by atoms with Crippen molar-refractivity contribution in [1.82, 2.24) is 15.1 Å². The Morgan fingerprint density at radius 3 is 1.76 bits per heavy atom. The third-order valence-corrected chi connectivity index (χ3v) is 5.70. The number of hydrogen-bond donors (Lipinski definition) is 0. The largest absolute Gasteiger partial charge is 0.497 e. The molecule has 0 unspecified atom stereocenters. The lowest BCUT2D eigenvalue weighted by Gasteiger charge is -2.22. The maximum atomic E-state index is 13.6. The molecule has 34 heavy (non-hydrogen) atoms. The zero-order valence-corrected chi connectivity index (χ0v) is 20.1. The fourth-order valence-corrected chi connectivity index (χ4v) is 3.86. The second kappa shape index (κ2) is 10.3. The minimum Gasteiger partial charge on any atom is -0.497 e. The summed E-state index contributed by atoms with van der Waals surface area (Å²) in [7, 11) is 3.08. The van der Waals surface area contributed by atoms with Gasteiger partial charge in [0.25, 0.3) is 11.8 Å². The van der Waals surface area contributed by atoms with E-state index in [-0.39, 0.29) is 0 Å². The third kappa shape index (κ3) is 4.55. The van der Waals surface area contributed by atoms with Crippen LogP contribution in [0.15, 0.2) is 78.9 Å². The van der Waals surface area contributed by atoms with E-state index in [1.165, 1.54) is 4.79 Å². The molecule has 9 heteroatoms. The predicted octanol–water partition coefficient (Wildman–Crippen LogP) is 4.48. The molecule has 0 aliphatic carbocycles. The van der Waals surface area contributed by atoms with Crippen LogP contribution in [0.5, 0.6) is 11.5 Å². The van der Waals surface area contributed by atoms with Gasteiger partial charge >= 0.3 is 0 Å². The number of carbonyl (C=O) groups excluding carboxylic acids is 2. The number of hydrogen-bond acceptors (Lipinski definition) is 6. The number of carbonyl (C=O) groups is 2. The minimum atomic E-state index is -0.560. The van der Waals surface area contributed by atoms with Crippen molar-refractivity contribution in [2.75, 3.05) is 19.2 Å². The Morgan fingerprint density at radius 2 is 1.32 bits per heavy atom. The molecular formula is C25H21BrN4O4. The first-order valence-electron chi connectivity index (χ1n) is 10.3. The van der Waals surface area contributed by atoms with Crippen molar-refractivity contribution in [3.63, 3.8) is 0 Å². The van der Waals surface area contributed by atoms with Gasteiger partial charge in [-0.2, -0.15) is 5.01 Å². The number of halogens is 1. The highest BCUT2D eigenvalue weighted by Gasteiger charge is 2.30. The maximum Gasteiger partial charge on any atom is 0.281 e. The zero-order chi connectivity index (χ0) is 24.1. The molecule has 0 fully saturated rings. The van der Waals surface area contributed by atoms with Crippen LogP contribution >= 0.6 is 15.9 Å². The van der Waals surface area contributed by atoms with Crippen molar-refractivity contribution in [2.45, 2.75) is 5.33 Å². The van der Waals surface area contributed by atoms with E-state index in [2.05, 4.69) is 26.2 Å². The van der Waals surface area contributed by atoms with Gasteiger partial charge in [-0.1, -0.05) is 46.3 Å².